The van der Waals surface area contributed by atoms with Gasteiger partial charge in [0.25, 0.3) is 5.56 Å². The molecule has 0 aliphatic heterocycles. The highest BCUT2D eigenvalue weighted by Crippen LogP contribution is 2.23. The van der Waals surface area contributed by atoms with Crippen LogP contribution in [0.4, 0.5) is 3.89 Å². The first-order valence-electron chi connectivity index (χ1n) is 7.66. The normalized spacial score (nSPS) is 10.9. The van der Waals surface area contributed by atoms with Gasteiger partial charge in [-0.2, -0.15) is 13.7 Å². The monoisotopic (exact) mass is 399 g/mol. The lowest BCUT2D eigenvalue weighted by atomic mass is 10.0. The second-order valence-corrected chi connectivity index (χ2v) is 6.37. The van der Waals surface area contributed by atoms with Crippen LogP contribution in [0.15, 0.2) is 65.7 Å². The molecule has 0 bridgehead atoms. The zero-order valence-electron chi connectivity index (χ0n) is 13.9. The minimum Gasteiger partial charge on any atom is -0.358 e. The summed E-state index contributed by atoms with van der Waals surface area (Å²) in [5, 5.41) is 9.23. The molecule has 2 heterocycles. The van der Waals surface area contributed by atoms with Crippen molar-refractivity contribution in [1.82, 2.24) is 9.55 Å². The Labute approximate surface area is 158 Å². The molecule has 0 amide bonds. The Kier molecular flexibility index (Phi) is 5.02. The van der Waals surface area contributed by atoms with Gasteiger partial charge in [0.05, 0.1) is 5.56 Å². The molecule has 140 valence electrons. The molecule has 28 heavy (non-hydrogen) atoms. The van der Waals surface area contributed by atoms with Crippen LogP contribution in [0.1, 0.15) is 21.5 Å². The second-order valence-electron chi connectivity index (χ2n) is 5.42. The topological polar surface area (TPSA) is 119 Å². The first-order chi connectivity index (χ1) is 13.3. The van der Waals surface area contributed by atoms with Crippen molar-refractivity contribution < 1.29 is 21.3 Å². The maximum absolute atomic E-state index is 12.9. The molecule has 0 unspecified atom stereocenters. The Bertz CT molecular complexity index is 1260. The van der Waals surface area contributed by atoms with Crippen LogP contribution in [0, 0.1) is 11.3 Å². The van der Waals surface area contributed by atoms with Crippen molar-refractivity contribution >= 4 is 16.3 Å². The highest BCUT2D eigenvalue weighted by molar-refractivity contribution is 7.81. The van der Waals surface area contributed by atoms with Crippen molar-refractivity contribution in [2.45, 2.75) is 0 Å². The van der Waals surface area contributed by atoms with E-state index in [4.69, 9.17) is 0 Å². The van der Waals surface area contributed by atoms with Gasteiger partial charge in [0.2, 0.25) is 0 Å². The van der Waals surface area contributed by atoms with Gasteiger partial charge in [0, 0.05) is 18.0 Å². The Morgan fingerprint density at radius 1 is 1.18 bits per heavy atom. The van der Waals surface area contributed by atoms with Gasteiger partial charge < -0.3 is 4.18 Å². The third-order valence-electron chi connectivity index (χ3n) is 3.62. The van der Waals surface area contributed by atoms with E-state index in [1.807, 2.05) is 0 Å². The summed E-state index contributed by atoms with van der Waals surface area (Å²) in [7, 11) is -5.36. The number of halogens is 1. The van der Waals surface area contributed by atoms with Crippen LogP contribution in [0.3, 0.4) is 0 Å². The Hall–Kier alpha value is -3.84. The summed E-state index contributed by atoms with van der Waals surface area (Å²) in [4.78, 5) is 29.3. The lowest BCUT2D eigenvalue weighted by molar-refractivity contribution is 0.103. The largest absolute Gasteiger partial charge is 0.488 e. The molecule has 1 aromatic carbocycles. The van der Waals surface area contributed by atoms with E-state index in [1.165, 1.54) is 30.5 Å². The molecule has 3 rings (SSSR count). The molecular weight excluding hydrogens is 389 g/mol. The predicted molar refractivity (Wildman–Crippen MR) is 95.1 cm³/mol. The summed E-state index contributed by atoms with van der Waals surface area (Å²) < 4.78 is 39.7. The number of para-hydroxylation sites is 1. The number of pyridine rings is 2. The molecule has 3 aromatic rings. The van der Waals surface area contributed by atoms with Crippen molar-refractivity contribution in [2.24, 2.45) is 0 Å². The maximum atomic E-state index is 12.9. The van der Waals surface area contributed by atoms with Crippen molar-refractivity contribution in [3.05, 3.63) is 88.0 Å². The zero-order chi connectivity index (χ0) is 20.3. The molecule has 8 nitrogen and oxygen atoms in total. The number of hydrogen-bond acceptors (Lipinski definition) is 7. The molecule has 0 N–H and O–H groups in total. The van der Waals surface area contributed by atoms with Crippen LogP contribution < -0.4 is 9.74 Å². The minimum atomic E-state index is -5.36. The number of carbonyl (C=O) groups excluding carboxylic acids is 1. The summed E-state index contributed by atoms with van der Waals surface area (Å²) in [6.07, 6.45) is 2.59. The van der Waals surface area contributed by atoms with E-state index in [0.717, 1.165) is 22.9 Å². The average Bonchev–Trinajstić information content (AvgIpc) is 2.67. The lowest BCUT2D eigenvalue weighted by Gasteiger charge is -2.10. The number of hydrogen-bond donors (Lipinski definition) is 0. The third kappa shape index (κ3) is 3.94. The Morgan fingerprint density at radius 3 is 2.54 bits per heavy atom. The van der Waals surface area contributed by atoms with Gasteiger partial charge in [0.15, 0.2) is 11.5 Å². The number of ketones is 1. The standard InChI is InChI=1S/C18H10FN3O5S/c19-28(25,26)27-15-6-2-1-5-14(15)17(23)13-9-12(10-20)18(24)22(11-13)16-7-3-4-8-21-16/h1-9,11H. The van der Waals surface area contributed by atoms with E-state index in [1.54, 1.807) is 18.2 Å². The van der Waals surface area contributed by atoms with Gasteiger partial charge in [0.1, 0.15) is 17.5 Å². The molecule has 0 radical (unpaired) electrons. The summed E-state index contributed by atoms with van der Waals surface area (Å²) in [5.74, 6) is -1.13. The zero-order valence-corrected chi connectivity index (χ0v) is 14.8. The molecule has 2 aromatic heterocycles. The minimum absolute atomic E-state index is 0.117. The molecule has 0 spiro atoms. The van der Waals surface area contributed by atoms with Crippen LogP contribution in [-0.2, 0) is 10.5 Å². The van der Waals surface area contributed by atoms with Crippen LogP contribution in [0.5, 0.6) is 5.75 Å². The highest BCUT2D eigenvalue weighted by Gasteiger charge is 2.21. The van der Waals surface area contributed by atoms with Gasteiger partial charge >= 0.3 is 10.5 Å². The second kappa shape index (κ2) is 7.42. The van der Waals surface area contributed by atoms with Crippen molar-refractivity contribution in [2.75, 3.05) is 0 Å². The van der Waals surface area contributed by atoms with Crippen molar-refractivity contribution in [3.63, 3.8) is 0 Å². The van der Waals surface area contributed by atoms with Crippen molar-refractivity contribution in [3.8, 4) is 17.6 Å². The van der Waals surface area contributed by atoms with E-state index >= 15 is 0 Å². The molecule has 0 aliphatic rings. The summed E-state index contributed by atoms with van der Waals surface area (Å²) >= 11 is 0. The van der Waals surface area contributed by atoms with Crippen LogP contribution >= 0.6 is 0 Å². The van der Waals surface area contributed by atoms with Crippen molar-refractivity contribution in [1.29, 1.82) is 5.26 Å². The van der Waals surface area contributed by atoms with Gasteiger partial charge in [-0.05, 0) is 30.3 Å². The van der Waals surface area contributed by atoms with E-state index in [9.17, 15) is 27.2 Å². The number of nitriles is 1. The first kappa shape index (κ1) is 18.9. The summed E-state index contributed by atoms with van der Waals surface area (Å²) in [5.41, 5.74) is -1.39. The van der Waals surface area contributed by atoms with Crippen LogP contribution in [0.25, 0.3) is 5.82 Å². The maximum Gasteiger partial charge on any atom is 0.488 e. The molecule has 0 saturated carbocycles. The molecular formula is C18H10FN3O5S. The van der Waals surface area contributed by atoms with E-state index < -0.39 is 27.6 Å². The number of rotatable bonds is 5. The molecule has 0 atom stereocenters. The molecule has 0 saturated heterocycles. The fourth-order valence-corrected chi connectivity index (χ4v) is 2.80. The Morgan fingerprint density at radius 2 is 1.89 bits per heavy atom. The Balaban J connectivity index is 2.17. The quantitative estimate of drug-likeness (QED) is 0.475. The number of aromatic nitrogens is 2. The average molecular weight is 399 g/mol. The fraction of sp³-hybridized carbons (Fsp3) is 0. The number of nitrogens with zero attached hydrogens (tertiary/aromatic N) is 3. The highest BCUT2D eigenvalue weighted by atomic mass is 32.3. The van der Waals surface area contributed by atoms with E-state index in [-0.39, 0.29) is 22.5 Å². The van der Waals surface area contributed by atoms with Gasteiger partial charge in [-0.25, -0.2) is 4.98 Å². The predicted octanol–water partition coefficient (Wildman–Crippen LogP) is 1.93. The van der Waals surface area contributed by atoms with E-state index in [2.05, 4.69) is 9.17 Å². The smallest absolute Gasteiger partial charge is 0.358 e. The number of carbonyl (C=O) groups is 1. The summed E-state index contributed by atoms with van der Waals surface area (Å²) in [6.45, 7) is 0. The molecule has 0 fully saturated rings. The lowest BCUT2D eigenvalue weighted by Crippen LogP contribution is -2.23. The number of benzene rings is 1. The first-order valence-corrected chi connectivity index (χ1v) is 8.97. The van der Waals surface area contributed by atoms with Gasteiger partial charge in [-0.15, -0.1) is 0 Å². The van der Waals surface area contributed by atoms with Gasteiger partial charge in [-0.1, -0.05) is 22.1 Å². The third-order valence-corrected chi connectivity index (χ3v) is 4.00. The van der Waals surface area contributed by atoms with E-state index in [0.29, 0.717) is 0 Å². The summed E-state index contributed by atoms with van der Waals surface area (Å²) in [6, 6.07) is 12.6. The van der Waals surface area contributed by atoms with Crippen LogP contribution in [-0.4, -0.2) is 23.8 Å². The molecule has 0 aliphatic carbocycles. The van der Waals surface area contributed by atoms with Gasteiger partial charge in [-0.3, -0.25) is 14.2 Å². The SMILES string of the molecule is N#Cc1cc(C(=O)c2ccccc2OS(=O)(=O)F)cn(-c2ccccn2)c1=O. The fourth-order valence-electron chi connectivity index (χ4n) is 2.44. The van der Waals surface area contributed by atoms with Crippen LogP contribution in [0.2, 0.25) is 0 Å². The molecule has 10 heteroatoms.